The van der Waals surface area contributed by atoms with Crippen molar-refractivity contribution in [1.29, 1.82) is 0 Å². The molecule has 6 nitrogen and oxygen atoms in total. The molecule has 0 bridgehead atoms. The number of fused-ring (bicyclic) bond motifs is 1. The van der Waals surface area contributed by atoms with E-state index in [0.29, 0.717) is 23.6 Å². The molecule has 2 aromatic heterocycles. The zero-order chi connectivity index (χ0) is 16.4. The summed E-state index contributed by atoms with van der Waals surface area (Å²) < 4.78 is 1.70. The Morgan fingerprint density at radius 1 is 1.39 bits per heavy atom. The van der Waals surface area contributed by atoms with Crippen molar-refractivity contribution in [3.63, 3.8) is 0 Å². The number of imidazole rings is 1. The third-order valence-electron chi connectivity index (χ3n) is 4.06. The molecule has 0 unspecified atom stereocenters. The quantitative estimate of drug-likeness (QED) is 0.888. The van der Waals surface area contributed by atoms with Gasteiger partial charge < -0.3 is 10.2 Å². The Balaban J connectivity index is 1.93. The number of carbonyl (C=O) groups is 2. The first kappa shape index (κ1) is 15.5. The van der Waals surface area contributed by atoms with Crippen LogP contribution in [0.4, 0.5) is 0 Å². The number of aromatic nitrogens is 2. The molecule has 1 aliphatic carbocycles. The number of hydrogen-bond acceptors (Lipinski definition) is 3. The highest BCUT2D eigenvalue weighted by atomic mass is 16.2. The van der Waals surface area contributed by atoms with Crippen LogP contribution in [0, 0.1) is 0 Å². The monoisotopic (exact) mass is 314 g/mol. The van der Waals surface area contributed by atoms with Crippen molar-refractivity contribution in [2.75, 3.05) is 13.6 Å². The minimum atomic E-state index is -0.202. The normalized spacial score (nSPS) is 14.0. The smallest absolute Gasteiger partial charge is 0.289 e. The predicted molar refractivity (Wildman–Crippen MR) is 87.5 cm³/mol. The summed E-state index contributed by atoms with van der Waals surface area (Å²) in [5.41, 5.74) is 0.989. The molecule has 0 aromatic carbocycles. The lowest BCUT2D eigenvalue weighted by atomic mass is 10.3. The number of carbonyl (C=O) groups excluding carboxylic acids is 2. The summed E-state index contributed by atoms with van der Waals surface area (Å²) in [6.07, 6.45) is 5.78. The zero-order valence-electron chi connectivity index (χ0n) is 13.6. The zero-order valence-corrected chi connectivity index (χ0v) is 13.6. The summed E-state index contributed by atoms with van der Waals surface area (Å²) in [6, 6.07) is 5.76. The Bertz CT molecular complexity index is 733. The first-order valence-electron chi connectivity index (χ1n) is 8.15. The lowest BCUT2D eigenvalue weighted by Crippen LogP contribution is -2.29. The summed E-state index contributed by atoms with van der Waals surface area (Å²) in [7, 11) is 1.77. The van der Waals surface area contributed by atoms with Crippen LogP contribution in [-0.4, -0.2) is 45.7 Å². The average molecular weight is 314 g/mol. The van der Waals surface area contributed by atoms with E-state index in [1.807, 2.05) is 18.2 Å². The van der Waals surface area contributed by atoms with Gasteiger partial charge in [-0.25, -0.2) is 4.98 Å². The van der Waals surface area contributed by atoms with Crippen molar-refractivity contribution in [3.8, 4) is 0 Å². The first-order valence-corrected chi connectivity index (χ1v) is 8.15. The first-order chi connectivity index (χ1) is 11.1. The van der Waals surface area contributed by atoms with Crippen LogP contribution in [0.5, 0.6) is 0 Å². The molecule has 1 saturated carbocycles. The number of amides is 2. The molecular formula is C17H22N4O2. The van der Waals surface area contributed by atoms with Crippen molar-refractivity contribution < 1.29 is 9.59 Å². The van der Waals surface area contributed by atoms with E-state index >= 15 is 0 Å². The number of rotatable bonds is 6. The van der Waals surface area contributed by atoms with Gasteiger partial charge in [0.05, 0.1) is 5.52 Å². The van der Waals surface area contributed by atoms with Crippen LogP contribution < -0.4 is 5.32 Å². The molecule has 1 fully saturated rings. The lowest BCUT2D eigenvalue weighted by Gasteiger charge is -2.15. The van der Waals surface area contributed by atoms with Crippen molar-refractivity contribution in [2.24, 2.45) is 0 Å². The molecule has 6 heteroatoms. The van der Waals surface area contributed by atoms with E-state index < -0.39 is 0 Å². The van der Waals surface area contributed by atoms with Crippen molar-refractivity contribution in [3.05, 3.63) is 35.9 Å². The largest absolute Gasteiger partial charge is 0.348 e. The second kappa shape index (κ2) is 6.40. The van der Waals surface area contributed by atoms with Crippen LogP contribution in [0.3, 0.4) is 0 Å². The minimum Gasteiger partial charge on any atom is -0.348 e. The highest BCUT2D eigenvalue weighted by molar-refractivity contribution is 6.02. The fraction of sp³-hybridized carbons (Fsp3) is 0.471. The molecule has 3 rings (SSSR count). The van der Waals surface area contributed by atoms with E-state index in [1.54, 1.807) is 22.5 Å². The highest BCUT2D eigenvalue weighted by Gasteiger charge is 2.28. The Morgan fingerprint density at radius 2 is 2.17 bits per heavy atom. The topological polar surface area (TPSA) is 66.7 Å². The lowest BCUT2D eigenvalue weighted by molar-refractivity contribution is 0.0780. The molecule has 0 atom stereocenters. The number of hydrogen-bond donors (Lipinski definition) is 1. The maximum atomic E-state index is 12.6. The van der Waals surface area contributed by atoms with Crippen molar-refractivity contribution in [2.45, 2.75) is 38.6 Å². The molecular weight excluding hydrogens is 292 g/mol. The summed E-state index contributed by atoms with van der Waals surface area (Å²) >= 11 is 0. The third kappa shape index (κ3) is 3.21. The van der Waals surface area contributed by atoms with E-state index in [2.05, 4.69) is 17.2 Å². The average Bonchev–Trinajstić information content (AvgIpc) is 3.29. The second-order valence-corrected chi connectivity index (χ2v) is 6.07. The number of nitrogens with one attached hydrogen (secondary N) is 1. The maximum Gasteiger partial charge on any atom is 0.289 e. The number of nitrogens with zero attached hydrogens (tertiary/aromatic N) is 3. The maximum absolute atomic E-state index is 12.6. The van der Waals surface area contributed by atoms with Gasteiger partial charge in [0.1, 0.15) is 0 Å². The van der Waals surface area contributed by atoms with Crippen LogP contribution in [0.15, 0.2) is 24.4 Å². The Hall–Kier alpha value is -2.37. The summed E-state index contributed by atoms with van der Waals surface area (Å²) in [4.78, 5) is 31.0. The molecule has 1 aliphatic rings. The SMILES string of the molecule is CCCCN(C)C(=O)c1nc(C(=O)NC2CC2)c2ccccn12. The molecule has 0 spiro atoms. The van der Waals surface area contributed by atoms with Gasteiger partial charge in [0.2, 0.25) is 5.82 Å². The van der Waals surface area contributed by atoms with Crippen molar-refractivity contribution >= 4 is 17.3 Å². The van der Waals surface area contributed by atoms with Gasteiger partial charge in [-0.15, -0.1) is 0 Å². The molecule has 2 aromatic rings. The van der Waals surface area contributed by atoms with Gasteiger partial charge >= 0.3 is 0 Å². The van der Waals surface area contributed by atoms with Gasteiger partial charge in [-0.1, -0.05) is 19.4 Å². The summed E-state index contributed by atoms with van der Waals surface area (Å²) in [5, 5.41) is 2.94. The molecule has 0 aliphatic heterocycles. The third-order valence-corrected chi connectivity index (χ3v) is 4.06. The number of unbranched alkanes of at least 4 members (excludes halogenated alkanes) is 1. The molecule has 0 radical (unpaired) electrons. The van der Waals surface area contributed by atoms with Gasteiger partial charge in [-0.3, -0.25) is 14.0 Å². The Morgan fingerprint density at radius 3 is 2.87 bits per heavy atom. The summed E-state index contributed by atoms with van der Waals surface area (Å²) in [5.74, 6) is -0.0725. The standard InChI is InChI=1S/C17H22N4O2/c1-3-4-10-20(2)17(23)15-19-14(16(22)18-12-8-9-12)13-7-5-6-11-21(13)15/h5-7,11-12H,3-4,8-10H2,1-2H3,(H,18,22). The predicted octanol–water partition coefficient (Wildman–Crippen LogP) is 2.10. The molecule has 2 amide bonds. The molecule has 1 N–H and O–H groups in total. The van der Waals surface area contributed by atoms with Crippen LogP contribution in [0.2, 0.25) is 0 Å². The Kier molecular flexibility index (Phi) is 4.32. The van der Waals surface area contributed by atoms with Gasteiger partial charge in [0.25, 0.3) is 11.8 Å². The second-order valence-electron chi connectivity index (χ2n) is 6.07. The Labute approximate surface area is 135 Å². The van der Waals surface area contributed by atoms with E-state index in [4.69, 9.17) is 0 Å². The van der Waals surface area contributed by atoms with E-state index in [1.165, 1.54) is 0 Å². The van der Waals surface area contributed by atoms with Crippen LogP contribution >= 0.6 is 0 Å². The number of pyridine rings is 1. The molecule has 0 saturated heterocycles. The van der Waals surface area contributed by atoms with E-state index in [0.717, 1.165) is 25.7 Å². The van der Waals surface area contributed by atoms with Gasteiger partial charge in [0, 0.05) is 25.8 Å². The fourth-order valence-corrected chi connectivity index (χ4v) is 2.50. The van der Waals surface area contributed by atoms with Crippen LogP contribution in [0.25, 0.3) is 5.52 Å². The van der Waals surface area contributed by atoms with Crippen LogP contribution in [-0.2, 0) is 0 Å². The summed E-state index contributed by atoms with van der Waals surface area (Å²) in [6.45, 7) is 2.77. The molecule has 122 valence electrons. The minimum absolute atomic E-state index is 0.162. The van der Waals surface area contributed by atoms with Crippen LogP contribution in [0.1, 0.15) is 53.7 Å². The van der Waals surface area contributed by atoms with E-state index in [-0.39, 0.29) is 17.9 Å². The van der Waals surface area contributed by atoms with Gasteiger partial charge in [0.15, 0.2) is 5.69 Å². The molecule has 23 heavy (non-hydrogen) atoms. The highest BCUT2D eigenvalue weighted by Crippen LogP contribution is 2.21. The fourth-order valence-electron chi connectivity index (χ4n) is 2.50. The van der Waals surface area contributed by atoms with Gasteiger partial charge in [-0.2, -0.15) is 0 Å². The van der Waals surface area contributed by atoms with E-state index in [9.17, 15) is 9.59 Å². The van der Waals surface area contributed by atoms with Gasteiger partial charge in [-0.05, 0) is 31.4 Å². The molecule has 2 heterocycles. The van der Waals surface area contributed by atoms with Crippen molar-refractivity contribution in [1.82, 2.24) is 19.6 Å².